The molecule has 2 unspecified atom stereocenters. The molecule has 0 saturated carbocycles. The first kappa shape index (κ1) is 24.5. The first-order valence-electron chi connectivity index (χ1n) is 12.4. The van der Waals surface area contributed by atoms with Crippen LogP contribution in [0.15, 0.2) is 66.7 Å². The van der Waals surface area contributed by atoms with Crippen LogP contribution in [0.2, 0.25) is 0 Å². The SMILES string of the molecule is COc1ccc(CCNC(=O)C2Cc3cc([N+](=O)[O-])ccc3N3CCN(c4ccc(F)cc4)CC23)cc1. The Morgan fingerprint density at radius 3 is 2.57 bits per heavy atom. The van der Waals surface area contributed by atoms with Gasteiger partial charge in [0.25, 0.3) is 5.69 Å². The molecule has 1 amide bonds. The lowest BCUT2D eigenvalue weighted by atomic mass is 9.83. The van der Waals surface area contributed by atoms with Gasteiger partial charge in [0.2, 0.25) is 5.91 Å². The van der Waals surface area contributed by atoms with E-state index in [1.165, 1.54) is 18.2 Å². The van der Waals surface area contributed by atoms with Crippen LogP contribution in [0.25, 0.3) is 0 Å². The summed E-state index contributed by atoms with van der Waals surface area (Å²) >= 11 is 0. The molecule has 5 rings (SSSR count). The summed E-state index contributed by atoms with van der Waals surface area (Å²) in [5.74, 6) is 0.0470. The van der Waals surface area contributed by atoms with E-state index >= 15 is 0 Å². The van der Waals surface area contributed by atoms with Crippen LogP contribution in [-0.2, 0) is 17.6 Å². The maximum Gasteiger partial charge on any atom is 0.269 e. The molecule has 3 aromatic rings. The molecule has 2 aliphatic heterocycles. The van der Waals surface area contributed by atoms with Gasteiger partial charge < -0.3 is 19.9 Å². The number of amides is 1. The number of piperazine rings is 1. The first-order valence-corrected chi connectivity index (χ1v) is 12.4. The predicted octanol–water partition coefficient (Wildman–Crippen LogP) is 3.97. The predicted molar refractivity (Wildman–Crippen MR) is 140 cm³/mol. The molecule has 9 heteroatoms. The molecule has 192 valence electrons. The number of non-ortho nitro benzene ring substituents is 1. The summed E-state index contributed by atoms with van der Waals surface area (Å²) in [5.41, 5.74) is 3.79. The Morgan fingerprint density at radius 1 is 1.11 bits per heavy atom. The van der Waals surface area contributed by atoms with E-state index in [9.17, 15) is 19.3 Å². The third-order valence-corrected chi connectivity index (χ3v) is 7.31. The zero-order valence-electron chi connectivity index (χ0n) is 20.6. The average molecular weight is 505 g/mol. The third-order valence-electron chi connectivity index (χ3n) is 7.31. The number of nitrogens with zero attached hydrogens (tertiary/aromatic N) is 3. The molecule has 0 aromatic heterocycles. The zero-order chi connectivity index (χ0) is 25.9. The van der Waals surface area contributed by atoms with E-state index in [0.29, 0.717) is 39.0 Å². The number of halogens is 1. The number of fused-ring (bicyclic) bond motifs is 3. The van der Waals surface area contributed by atoms with Gasteiger partial charge in [-0.05, 0) is 66.4 Å². The number of rotatable bonds is 7. The topological polar surface area (TPSA) is 87.9 Å². The first-order chi connectivity index (χ1) is 17.9. The van der Waals surface area contributed by atoms with Gasteiger partial charge in [-0.3, -0.25) is 14.9 Å². The number of carbonyl (C=O) groups excluding carboxylic acids is 1. The van der Waals surface area contributed by atoms with Gasteiger partial charge >= 0.3 is 0 Å². The van der Waals surface area contributed by atoms with Crippen molar-refractivity contribution in [2.45, 2.75) is 18.9 Å². The molecule has 2 atom stereocenters. The maximum atomic E-state index is 13.5. The Hall–Kier alpha value is -4.14. The summed E-state index contributed by atoms with van der Waals surface area (Å²) in [6.07, 6.45) is 1.10. The number of nitrogens with one attached hydrogen (secondary N) is 1. The number of anilines is 2. The van der Waals surface area contributed by atoms with E-state index < -0.39 is 4.92 Å². The van der Waals surface area contributed by atoms with Crippen LogP contribution in [0.4, 0.5) is 21.5 Å². The van der Waals surface area contributed by atoms with Crippen molar-refractivity contribution < 1.29 is 18.8 Å². The number of carbonyl (C=O) groups is 1. The lowest BCUT2D eigenvalue weighted by molar-refractivity contribution is -0.384. The van der Waals surface area contributed by atoms with Gasteiger partial charge in [0.1, 0.15) is 11.6 Å². The lowest BCUT2D eigenvalue weighted by Crippen LogP contribution is -2.61. The molecule has 8 nitrogen and oxygen atoms in total. The molecule has 37 heavy (non-hydrogen) atoms. The van der Waals surface area contributed by atoms with Gasteiger partial charge in [-0.2, -0.15) is 0 Å². The highest BCUT2D eigenvalue weighted by Gasteiger charge is 2.42. The van der Waals surface area contributed by atoms with Gasteiger partial charge in [-0.25, -0.2) is 4.39 Å². The fourth-order valence-electron chi connectivity index (χ4n) is 5.36. The summed E-state index contributed by atoms with van der Waals surface area (Å²) < 4.78 is 18.7. The van der Waals surface area contributed by atoms with Crippen molar-refractivity contribution in [2.75, 3.05) is 43.1 Å². The standard InChI is InChI=1S/C28H29FN4O4/c1-37-24-9-2-19(3-10-24)12-13-30-28(34)25-17-20-16-23(33(35)36)8-11-26(20)32-15-14-31(18-27(25)32)22-6-4-21(29)5-7-22/h2-11,16,25,27H,12-15,17-18H2,1H3,(H,30,34). The molecule has 2 aliphatic rings. The van der Waals surface area contributed by atoms with Gasteiger partial charge in [-0.1, -0.05) is 12.1 Å². The molecule has 0 bridgehead atoms. The molecule has 1 fully saturated rings. The Bertz CT molecular complexity index is 1280. The molecular formula is C28H29FN4O4. The average Bonchev–Trinajstić information content (AvgIpc) is 2.92. The highest BCUT2D eigenvalue weighted by Crippen LogP contribution is 2.38. The van der Waals surface area contributed by atoms with Crippen LogP contribution in [0.3, 0.4) is 0 Å². The lowest BCUT2D eigenvalue weighted by Gasteiger charge is -2.49. The number of benzene rings is 3. The molecule has 1 saturated heterocycles. The second-order valence-electron chi connectivity index (χ2n) is 9.45. The Labute approximate surface area is 214 Å². The number of hydrogen-bond acceptors (Lipinski definition) is 6. The smallest absolute Gasteiger partial charge is 0.269 e. The number of nitro groups is 1. The fraction of sp³-hybridized carbons (Fsp3) is 0.321. The van der Waals surface area contributed by atoms with Gasteiger partial charge in [0.15, 0.2) is 0 Å². The Morgan fingerprint density at radius 2 is 1.86 bits per heavy atom. The van der Waals surface area contributed by atoms with Crippen LogP contribution >= 0.6 is 0 Å². The van der Waals surface area contributed by atoms with Crippen molar-refractivity contribution in [2.24, 2.45) is 5.92 Å². The van der Waals surface area contributed by atoms with Gasteiger partial charge in [-0.15, -0.1) is 0 Å². The normalized spacial score (nSPS) is 18.5. The van der Waals surface area contributed by atoms with E-state index in [2.05, 4.69) is 15.1 Å². The summed E-state index contributed by atoms with van der Waals surface area (Å²) in [6.45, 7) is 2.43. The van der Waals surface area contributed by atoms with E-state index in [1.54, 1.807) is 31.4 Å². The summed E-state index contributed by atoms with van der Waals surface area (Å²) in [6, 6.07) is 18.9. The molecule has 0 spiro atoms. The van der Waals surface area contributed by atoms with Crippen molar-refractivity contribution in [3.63, 3.8) is 0 Å². The molecule has 0 radical (unpaired) electrons. The molecular weight excluding hydrogens is 475 g/mol. The zero-order valence-corrected chi connectivity index (χ0v) is 20.6. The summed E-state index contributed by atoms with van der Waals surface area (Å²) in [7, 11) is 1.62. The molecule has 3 aromatic carbocycles. The van der Waals surface area contributed by atoms with Crippen LogP contribution in [-0.4, -0.2) is 50.2 Å². The highest BCUT2D eigenvalue weighted by molar-refractivity contribution is 5.82. The van der Waals surface area contributed by atoms with Crippen LogP contribution in [0, 0.1) is 21.8 Å². The minimum atomic E-state index is -0.400. The maximum absolute atomic E-state index is 13.5. The fourth-order valence-corrected chi connectivity index (χ4v) is 5.36. The Balaban J connectivity index is 1.35. The van der Waals surface area contributed by atoms with E-state index in [1.807, 2.05) is 24.3 Å². The van der Waals surface area contributed by atoms with Crippen molar-refractivity contribution in [1.29, 1.82) is 0 Å². The van der Waals surface area contributed by atoms with Crippen LogP contribution in [0.5, 0.6) is 5.75 Å². The minimum Gasteiger partial charge on any atom is -0.497 e. The highest BCUT2D eigenvalue weighted by atomic mass is 19.1. The Kier molecular flexibility index (Phi) is 6.94. The molecule has 0 aliphatic carbocycles. The van der Waals surface area contributed by atoms with Crippen LogP contribution in [0.1, 0.15) is 11.1 Å². The minimum absolute atomic E-state index is 0.0285. The molecule has 2 heterocycles. The van der Waals surface area contributed by atoms with E-state index in [4.69, 9.17) is 4.74 Å². The summed E-state index contributed by atoms with van der Waals surface area (Å²) in [5, 5.41) is 14.5. The van der Waals surface area contributed by atoms with E-state index in [-0.39, 0.29) is 29.4 Å². The summed E-state index contributed by atoms with van der Waals surface area (Å²) in [4.78, 5) is 28.9. The largest absolute Gasteiger partial charge is 0.497 e. The van der Waals surface area contributed by atoms with Crippen LogP contribution < -0.4 is 19.9 Å². The van der Waals surface area contributed by atoms with Crippen molar-refractivity contribution >= 4 is 23.0 Å². The number of hydrogen-bond donors (Lipinski definition) is 1. The quantitative estimate of drug-likeness (QED) is 0.387. The van der Waals surface area contributed by atoms with Gasteiger partial charge in [0, 0.05) is 49.7 Å². The molecule has 1 N–H and O–H groups in total. The third kappa shape index (κ3) is 5.21. The number of methoxy groups -OCH3 is 1. The number of nitro benzene ring substituents is 1. The van der Waals surface area contributed by atoms with Crippen molar-refractivity contribution in [3.8, 4) is 5.75 Å². The van der Waals surface area contributed by atoms with Gasteiger partial charge in [0.05, 0.1) is 24.0 Å². The monoisotopic (exact) mass is 504 g/mol. The van der Waals surface area contributed by atoms with E-state index in [0.717, 1.165) is 28.3 Å². The number of ether oxygens (including phenoxy) is 1. The second kappa shape index (κ2) is 10.5. The van der Waals surface area contributed by atoms with Crippen molar-refractivity contribution in [1.82, 2.24) is 5.32 Å². The van der Waals surface area contributed by atoms with Crippen molar-refractivity contribution in [3.05, 3.63) is 93.8 Å². The second-order valence-corrected chi connectivity index (χ2v) is 9.45.